The van der Waals surface area contributed by atoms with Gasteiger partial charge in [0, 0.05) is 47.6 Å². The van der Waals surface area contributed by atoms with Crippen molar-refractivity contribution in [2.75, 3.05) is 13.1 Å². The number of carbonyl (C=O) groups excluding carboxylic acids is 2. The molecule has 0 unspecified atom stereocenters. The first-order valence-corrected chi connectivity index (χ1v) is 10.7. The van der Waals surface area contributed by atoms with Crippen molar-refractivity contribution in [2.45, 2.75) is 18.8 Å². The van der Waals surface area contributed by atoms with Crippen LogP contribution in [-0.2, 0) is 0 Å². The minimum Gasteiger partial charge on any atom is -0.346 e. The molecule has 1 aliphatic carbocycles. The van der Waals surface area contributed by atoms with Gasteiger partial charge in [-0.3, -0.25) is 9.59 Å². The lowest BCUT2D eigenvalue weighted by molar-refractivity contribution is 0.0713. The fourth-order valence-electron chi connectivity index (χ4n) is 5.05. The normalized spacial score (nSPS) is 15.9. The number of H-pyrrole nitrogens is 1. The second kappa shape index (κ2) is 6.91. The average molecular weight is 407 g/mol. The van der Waals surface area contributed by atoms with Crippen molar-refractivity contribution in [1.29, 1.82) is 0 Å². The maximum atomic E-state index is 13.2. The monoisotopic (exact) mass is 407 g/mol. The third-order valence-corrected chi connectivity index (χ3v) is 6.68. The van der Waals surface area contributed by atoms with Crippen LogP contribution in [0.4, 0.5) is 0 Å². The zero-order valence-corrected chi connectivity index (χ0v) is 17.0. The second-order valence-corrected chi connectivity index (χ2v) is 8.35. The molecule has 0 bridgehead atoms. The number of carbonyl (C=O) groups is 2. The Kier molecular flexibility index (Phi) is 4.03. The Morgan fingerprint density at radius 3 is 2.55 bits per heavy atom. The number of nitrogens with zero attached hydrogens (tertiary/aromatic N) is 2. The van der Waals surface area contributed by atoms with Crippen LogP contribution in [0, 0.1) is 0 Å². The number of aromatic amines is 1. The van der Waals surface area contributed by atoms with Crippen LogP contribution in [0.1, 0.15) is 50.6 Å². The molecule has 3 heterocycles. The van der Waals surface area contributed by atoms with Crippen LogP contribution in [0.5, 0.6) is 0 Å². The van der Waals surface area contributed by atoms with Crippen molar-refractivity contribution in [1.82, 2.24) is 14.9 Å². The number of rotatable bonds is 2. The van der Waals surface area contributed by atoms with Crippen LogP contribution in [0.25, 0.3) is 22.2 Å². The van der Waals surface area contributed by atoms with E-state index >= 15 is 0 Å². The molecule has 2 aromatic heterocycles. The fourth-order valence-corrected chi connectivity index (χ4v) is 5.05. The van der Waals surface area contributed by atoms with E-state index in [2.05, 4.69) is 22.2 Å². The van der Waals surface area contributed by atoms with Crippen LogP contribution in [0.3, 0.4) is 0 Å². The van der Waals surface area contributed by atoms with E-state index in [1.807, 2.05) is 47.4 Å². The van der Waals surface area contributed by atoms with Crippen molar-refractivity contribution in [3.05, 3.63) is 89.2 Å². The number of piperidine rings is 1. The van der Waals surface area contributed by atoms with Crippen molar-refractivity contribution in [2.24, 2.45) is 0 Å². The van der Waals surface area contributed by atoms with E-state index in [1.165, 1.54) is 10.9 Å². The summed E-state index contributed by atoms with van der Waals surface area (Å²) in [5.41, 5.74) is 6.02. The van der Waals surface area contributed by atoms with Crippen LogP contribution >= 0.6 is 0 Å². The maximum absolute atomic E-state index is 13.2. The highest BCUT2D eigenvalue weighted by atomic mass is 16.2. The molecule has 5 nitrogen and oxygen atoms in total. The van der Waals surface area contributed by atoms with Gasteiger partial charge in [0.15, 0.2) is 5.78 Å². The lowest BCUT2D eigenvalue weighted by Crippen LogP contribution is -2.38. The Morgan fingerprint density at radius 1 is 0.935 bits per heavy atom. The number of benzene rings is 2. The first-order chi connectivity index (χ1) is 15.2. The third kappa shape index (κ3) is 2.81. The zero-order chi connectivity index (χ0) is 20.9. The van der Waals surface area contributed by atoms with E-state index in [0.29, 0.717) is 30.1 Å². The Balaban J connectivity index is 1.21. The predicted octanol–water partition coefficient (Wildman–Crippen LogP) is 4.79. The molecular formula is C26H21N3O2. The topological polar surface area (TPSA) is 66.1 Å². The van der Waals surface area contributed by atoms with E-state index in [4.69, 9.17) is 0 Å². The molecule has 0 radical (unpaired) electrons. The molecule has 2 aliphatic rings. The van der Waals surface area contributed by atoms with E-state index < -0.39 is 0 Å². The largest absolute Gasteiger partial charge is 0.346 e. The number of hydrogen-bond acceptors (Lipinski definition) is 3. The summed E-state index contributed by atoms with van der Waals surface area (Å²) in [6.07, 6.45) is 5.69. The van der Waals surface area contributed by atoms with Crippen LogP contribution in [0.2, 0.25) is 0 Å². The number of pyridine rings is 1. The van der Waals surface area contributed by atoms with Crippen LogP contribution < -0.4 is 0 Å². The molecule has 0 spiro atoms. The molecule has 31 heavy (non-hydrogen) atoms. The van der Waals surface area contributed by atoms with Gasteiger partial charge in [-0.1, -0.05) is 30.3 Å². The molecule has 2 aromatic carbocycles. The molecular weight excluding hydrogens is 386 g/mol. The molecule has 1 saturated heterocycles. The lowest BCUT2D eigenvalue weighted by atomic mass is 9.89. The summed E-state index contributed by atoms with van der Waals surface area (Å²) in [5.74, 6) is 0.426. The van der Waals surface area contributed by atoms with E-state index in [0.717, 1.165) is 35.2 Å². The van der Waals surface area contributed by atoms with E-state index in [9.17, 15) is 9.59 Å². The number of aromatic nitrogens is 2. The first-order valence-electron chi connectivity index (χ1n) is 10.7. The van der Waals surface area contributed by atoms with Crippen molar-refractivity contribution in [3.8, 4) is 11.1 Å². The number of nitrogens with one attached hydrogen (secondary N) is 1. The standard InChI is InChI=1S/C26H21N3O2/c30-24-20-5-2-1-4-18(20)19-8-7-17(14-22(19)24)26(31)29-12-9-16(10-13-29)23-15-28-25-21(23)6-3-11-27-25/h1-8,11,14-16H,9-10,12-13H2,(H,27,28). The number of hydrogen-bond donors (Lipinski definition) is 1. The zero-order valence-electron chi connectivity index (χ0n) is 17.0. The summed E-state index contributed by atoms with van der Waals surface area (Å²) in [7, 11) is 0. The quantitative estimate of drug-likeness (QED) is 0.457. The summed E-state index contributed by atoms with van der Waals surface area (Å²) in [5, 5.41) is 1.17. The van der Waals surface area contributed by atoms with Crippen LogP contribution in [0.15, 0.2) is 67.0 Å². The molecule has 0 atom stereocenters. The smallest absolute Gasteiger partial charge is 0.253 e. The van der Waals surface area contributed by atoms with Gasteiger partial charge in [-0.05, 0) is 59.7 Å². The van der Waals surface area contributed by atoms with E-state index in [-0.39, 0.29) is 11.7 Å². The number of amides is 1. The first kappa shape index (κ1) is 18.1. The summed E-state index contributed by atoms with van der Waals surface area (Å²) in [4.78, 5) is 35.5. The molecule has 5 heteroatoms. The third-order valence-electron chi connectivity index (χ3n) is 6.68. The summed E-state index contributed by atoms with van der Waals surface area (Å²) in [6.45, 7) is 1.42. The van der Waals surface area contributed by atoms with Gasteiger partial charge < -0.3 is 9.88 Å². The van der Waals surface area contributed by atoms with Gasteiger partial charge in [0.05, 0.1) is 0 Å². The molecule has 1 N–H and O–H groups in total. The van der Waals surface area contributed by atoms with E-state index in [1.54, 1.807) is 12.3 Å². The van der Waals surface area contributed by atoms with Crippen molar-refractivity contribution < 1.29 is 9.59 Å². The SMILES string of the molecule is O=C1c2ccccc2-c2ccc(C(=O)N3CCC(c4c[nH]c5ncccc45)CC3)cc21. The molecule has 0 saturated carbocycles. The summed E-state index contributed by atoms with van der Waals surface area (Å²) < 4.78 is 0. The molecule has 1 fully saturated rings. The average Bonchev–Trinajstić information content (AvgIpc) is 3.38. The highest BCUT2D eigenvalue weighted by Gasteiger charge is 2.30. The van der Waals surface area contributed by atoms with Crippen molar-refractivity contribution in [3.63, 3.8) is 0 Å². The fraction of sp³-hybridized carbons (Fsp3) is 0.192. The molecule has 152 valence electrons. The Labute approximate surface area is 179 Å². The predicted molar refractivity (Wildman–Crippen MR) is 119 cm³/mol. The highest BCUT2D eigenvalue weighted by molar-refractivity contribution is 6.22. The Hall–Kier alpha value is -3.73. The van der Waals surface area contributed by atoms with Gasteiger partial charge in [-0.15, -0.1) is 0 Å². The Morgan fingerprint density at radius 2 is 1.71 bits per heavy atom. The molecule has 4 aromatic rings. The van der Waals surface area contributed by atoms with Gasteiger partial charge in [-0.25, -0.2) is 4.98 Å². The Bertz CT molecular complexity index is 1350. The number of ketones is 1. The second-order valence-electron chi connectivity index (χ2n) is 8.35. The summed E-state index contributed by atoms with van der Waals surface area (Å²) >= 11 is 0. The summed E-state index contributed by atoms with van der Waals surface area (Å²) in [6, 6.07) is 17.2. The highest BCUT2D eigenvalue weighted by Crippen LogP contribution is 2.37. The molecule has 1 aliphatic heterocycles. The maximum Gasteiger partial charge on any atom is 0.253 e. The van der Waals surface area contributed by atoms with Gasteiger partial charge in [0.1, 0.15) is 5.65 Å². The van der Waals surface area contributed by atoms with Crippen LogP contribution in [-0.4, -0.2) is 39.6 Å². The lowest BCUT2D eigenvalue weighted by Gasteiger charge is -2.32. The van der Waals surface area contributed by atoms with Gasteiger partial charge in [0.2, 0.25) is 0 Å². The van der Waals surface area contributed by atoms with Gasteiger partial charge in [0.25, 0.3) is 5.91 Å². The minimum absolute atomic E-state index is 0.00518. The van der Waals surface area contributed by atoms with Gasteiger partial charge >= 0.3 is 0 Å². The molecule has 6 rings (SSSR count). The van der Waals surface area contributed by atoms with Crippen molar-refractivity contribution >= 4 is 22.7 Å². The number of likely N-dealkylation sites (tertiary alicyclic amines) is 1. The molecule has 1 amide bonds. The minimum atomic E-state index is 0.00518. The number of fused-ring (bicyclic) bond motifs is 4. The van der Waals surface area contributed by atoms with Gasteiger partial charge in [-0.2, -0.15) is 0 Å².